The fourth-order valence-corrected chi connectivity index (χ4v) is 5.44. The summed E-state index contributed by atoms with van der Waals surface area (Å²) in [6, 6.07) is 7.93. The minimum Gasteiger partial charge on any atom is -0.324 e. The lowest BCUT2D eigenvalue weighted by atomic mass is 9.58. The Hall–Kier alpha value is -0.960. The zero-order valence-electron chi connectivity index (χ0n) is 13.1. The highest BCUT2D eigenvalue weighted by molar-refractivity contribution is 7.51. The van der Waals surface area contributed by atoms with E-state index in [-0.39, 0.29) is 6.16 Å². The van der Waals surface area contributed by atoms with Gasteiger partial charge < -0.3 is 9.79 Å². The second kappa shape index (κ2) is 5.35. The van der Waals surface area contributed by atoms with Gasteiger partial charge >= 0.3 is 7.60 Å². The number of hydrogen-bond donors (Lipinski definition) is 2. The molecule has 5 heteroatoms. The zero-order valence-corrected chi connectivity index (χ0v) is 14.0. The van der Waals surface area contributed by atoms with Crippen molar-refractivity contribution in [2.75, 3.05) is 6.16 Å². The van der Waals surface area contributed by atoms with Gasteiger partial charge in [0.1, 0.15) is 0 Å². The van der Waals surface area contributed by atoms with Crippen molar-refractivity contribution in [1.82, 2.24) is 0 Å². The SMILES string of the molecule is CCC(CC)(CP(=O)(O)O)C1(C)C(C)=Nc2ccccc21. The lowest BCUT2D eigenvalue weighted by Crippen LogP contribution is -2.48. The van der Waals surface area contributed by atoms with Gasteiger partial charge in [-0.05, 0) is 43.7 Å². The smallest absolute Gasteiger partial charge is 0.324 e. The molecule has 4 nitrogen and oxygen atoms in total. The van der Waals surface area contributed by atoms with Crippen LogP contribution in [0.2, 0.25) is 0 Å². The average Bonchev–Trinajstić information content (AvgIpc) is 2.69. The predicted molar refractivity (Wildman–Crippen MR) is 86.5 cm³/mol. The Morgan fingerprint density at radius 2 is 1.81 bits per heavy atom. The van der Waals surface area contributed by atoms with E-state index in [1.807, 2.05) is 45.0 Å². The Balaban J connectivity index is 2.65. The number of aliphatic imine (C=N–C) groups is 1. The molecule has 21 heavy (non-hydrogen) atoms. The molecule has 0 amide bonds. The van der Waals surface area contributed by atoms with Crippen LogP contribution in [0.3, 0.4) is 0 Å². The standard InChI is InChI=1S/C16H24NO3P/c1-5-16(6-2,11-21(18,19)20)15(4)12(3)17-14-10-8-7-9-13(14)15/h7-10H,5-6,11H2,1-4H3,(H2,18,19,20). The minimum absolute atomic E-state index is 0.106. The normalized spacial score (nSPS) is 22.1. The molecule has 1 aromatic carbocycles. The third-order valence-corrected chi connectivity index (χ3v) is 6.39. The van der Waals surface area contributed by atoms with Crippen LogP contribution in [-0.2, 0) is 9.98 Å². The summed E-state index contributed by atoms with van der Waals surface area (Å²) < 4.78 is 11.7. The third kappa shape index (κ3) is 2.50. The van der Waals surface area contributed by atoms with Crippen molar-refractivity contribution in [1.29, 1.82) is 0 Å². The molecule has 1 heterocycles. The van der Waals surface area contributed by atoms with Crippen molar-refractivity contribution in [2.24, 2.45) is 10.4 Å². The molecule has 0 aromatic heterocycles. The third-order valence-electron chi connectivity index (χ3n) is 5.38. The maximum Gasteiger partial charge on any atom is 0.326 e. The molecule has 116 valence electrons. The van der Waals surface area contributed by atoms with Gasteiger partial charge in [-0.3, -0.25) is 9.56 Å². The van der Waals surface area contributed by atoms with Crippen LogP contribution >= 0.6 is 7.60 Å². The molecule has 1 aliphatic rings. The Kier molecular flexibility index (Phi) is 4.18. The molecule has 0 fully saturated rings. The summed E-state index contributed by atoms with van der Waals surface area (Å²) in [5.41, 5.74) is 2.02. The van der Waals surface area contributed by atoms with Gasteiger partial charge in [-0.2, -0.15) is 0 Å². The lowest BCUT2D eigenvalue weighted by Gasteiger charge is -2.47. The van der Waals surface area contributed by atoms with Crippen LogP contribution < -0.4 is 0 Å². The van der Waals surface area contributed by atoms with E-state index >= 15 is 0 Å². The highest BCUT2D eigenvalue weighted by Gasteiger charge is 2.54. The largest absolute Gasteiger partial charge is 0.326 e. The molecule has 0 spiro atoms. The molecule has 0 bridgehead atoms. The van der Waals surface area contributed by atoms with Crippen molar-refractivity contribution >= 4 is 19.0 Å². The van der Waals surface area contributed by atoms with E-state index in [0.717, 1.165) is 17.0 Å². The van der Waals surface area contributed by atoms with Crippen LogP contribution in [-0.4, -0.2) is 21.7 Å². The maximum absolute atomic E-state index is 11.7. The topological polar surface area (TPSA) is 69.9 Å². The van der Waals surface area contributed by atoms with Gasteiger partial charge in [0.2, 0.25) is 0 Å². The Morgan fingerprint density at radius 1 is 1.24 bits per heavy atom. The fraction of sp³-hybridized carbons (Fsp3) is 0.562. The molecular weight excluding hydrogens is 285 g/mol. The van der Waals surface area contributed by atoms with Gasteiger partial charge in [0.15, 0.2) is 0 Å². The Bertz CT molecular complexity index is 616. The molecule has 2 rings (SSSR count). The molecule has 2 N–H and O–H groups in total. The van der Waals surface area contributed by atoms with Gasteiger partial charge in [-0.25, -0.2) is 0 Å². The van der Waals surface area contributed by atoms with Gasteiger partial charge in [0.05, 0.1) is 11.8 Å². The number of rotatable bonds is 5. The number of nitrogens with zero attached hydrogens (tertiary/aromatic N) is 1. The molecule has 1 atom stereocenters. The first-order chi connectivity index (χ1) is 9.70. The van der Waals surface area contributed by atoms with Crippen LogP contribution in [0.5, 0.6) is 0 Å². The quantitative estimate of drug-likeness (QED) is 0.807. The van der Waals surface area contributed by atoms with Crippen molar-refractivity contribution < 1.29 is 14.4 Å². The lowest BCUT2D eigenvalue weighted by molar-refractivity contribution is 0.189. The second-order valence-corrected chi connectivity index (χ2v) is 7.80. The van der Waals surface area contributed by atoms with Crippen molar-refractivity contribution in [3.63, 3.8) is 0 Å². The first-order valence-electron chi connectivity index (χ1n) is 7.40. The van der Waals surface area contributed by atoms with Crippen LogP contribution in [0, 0.1) is 5.41 Å². The van der Waals surface area contributed by atoms with Crippen LogP contribution in [0.4, 0.5) is 5.69 Å². The van der Waals surface area contributed by atoms with E-state index in [1.54, 1.807) is 0 Å². The van der Waals surface area contributed by atoms with Crippen molar-refractivity contribution in [3.05, 3.63) is 29.8 Å². The molecule has 0 radical (unpaired) electrons. The Morgan fingerprint density at radius 3 is 2.33 bits per heavy atom. The second-order valence-electron chi connectivity index (χ2n) is 6.15. The van der Waals surface area contributed by atoms with E-state index in [0.29, 0.717) is 12.8 Å². The van der Waals surface area contributed by atoms with Crippen LogP contribution in [0.15, 0.2) is 29.3 Å². The summed E-state index contributed by atoms with van der Waals surface area (Å²) in [6.45, 7) is 8.08. The molecule has 1 aromatic rings. The van der Waals surface area contributed by atoms with E-state index in [9.17, 15) is 14.4 Å². The average molecular weight is 309 g/mol. The molecule has 1 aliphatic heterocycles. The first-order valence-corrected chi connectivity index (χ1v) is 9.20. The van der Waals surface area contributed by atoms with E-state index in [2.05, 4.69) is 11.9 Å². The van der Waals surface area contributed by atoms with Gasteiger partial charge in [-0.15, -0.1) is 0 Å². The summed E-state index contributed by atoms with van der Waals surface area (Å²) in [7, 11) is -4.11. The van der Waals surface area contributed by atoms with Gasteiger partial charge in [0.25, 0.3) is 0 Å². The van der Waals surface area contributed by atoms with E-state index in [1.165, 1.54) is 0 Å². The Labute approximate surface area is 126 Å². The predicted octanol–water partition coefficient (Wildman–Crippen LogP) is 4.03. The van der Waals surface area contributed by atoms with Crippen molar-refractivity contribution in [3.8, 4) is 0 Å². The molecular formula is C16H24NO3P. The molecule has 1 unspecified atom stereocenters. The summed E-state index contributed by atoms with van der Waals surface area (Å²) >= 11 is 0. The monoisotopic (exact) mass is 309 g/mol. The number of para-hydroxylation sites is 1. The minimum atomic E-state index is -4.11. The summed E-state index contributed by atoms with van der Waals surface area (Å²) in [5.74, 6) is 0. The van der Waals surface area contributed by atoms with Gasteiger partial charge in [-0.1, -0.05) is 32.0 Å². The van der Waals surface area contributed by atoms with Crippen LogP contribution in [0.1, 0.15) is 46.1 Å². The summed E-state index contributed by atoms with van der Waals surface area (Å²) in [6.07, 6.45) is 1.29. The van der Waals surface area contributed by atoms with E-state index < -0.39 is 18.4 Å². The van der Waals surface area contributed by atoms with E-state index in [4.69, 9.17) is 0 Å². The molecule has 0 saturated heterocycles. The number of fused-ring (bicyclic) bond motifs is 1. The van der Waals surface area contributed by atoms with Crippen LogP contribution in [0.25, 0.3) is 0 Å². The summed E-state index contributed by atoms with van der Waals surface area (Å²) in [4.78, 5) is 23.9. The summed E-state index contributed by atoms with van der Waals surface area (Å²) in [5, 5.41) is 0. The van der Waals surface area contributed by atoms with Gasteiger partial charge in [0, 0.05) is 11.1 Å². The number of benzene rings is 1. The molecule has 0 aliphatic carbocycles. The number of hydrogen-bond acceptors (Lipinski definition) is 2. The van der Waals surface area contributed by atoms with Crippen molar-refractivity contribution in [2.45, 2.75) is 46.0 Å². The first kappa shape index (κ1) is 16.4. The molecule has 0 saturated carbocycles. The fourth-order valence-electron chi connectivity index (χ4n) is 3.88. The highest BCUT2D eigenvalue weighted by atomic mass is 31.2. The highest BCUT2D eigenvalue weighted by Crippen LogP contribution is 2.58. The maximum atomic E-state index is 11.7. The zero-order chi connectivity index (χ0) is 15.9.